The van der Waals surface area contributed by atoms with E-state index in [4.69, 9.17) is 5.11 Å². The number of aliphatic hydroxyl groups is 1. The van der Waals surface area contributed by atoms with E-state index in [1.807, 2.05) is 0 Å². The Labute approximate surface area is 78.7 Å². The fraction of sp³-hybridized carbons (Fsp3) is 0.500. The molecule has 15 heavy (non-hydrogen) atoms. The molecule has 0 fully saturated rings. The minimum Gasteiger partial charge on any atom is -0.378 e. The smallest absolute Gasteiger partial charge is 0.378 e. The minimum atomic E-state index is -5.03. The molecule has 0 bridgehead atoms. The molecule has 0 aliphatic rings. The molecule has 86 valence electrons. The van der Waals surface area contributed by atoms with Gasteiger partial charge in [0.05, 0.1) is 5.69 Å². The van der Waals surface area contributed by atoms with E-state index < -0.39 is 29.8 Å². The van der Waals surface area contributed by atoms with Crippen molar-refractivity contribution in [3.8, 4) is 0 Å². The van der Waals surface area contributed by atoms with Gasteiger partial charge in [0, 0.05) is 0 Å². The van der Waals surface area contributed by atoms with Crippen LogP contribution in [0.25, 0.3) is 0 Å². The predicted octanol–water partition coefficient (Wildman–Crippen LogP) is 2.02. The third-order valence-electron chi connectivity index (χ3n) is 1.49. The first-order chi connectivity index (χ1) is 6.62. The Kier molecular flexibility index (Phi) is 2.68. The largest absolute Gasteiger partial charge is 0.435 e. The second-order valence-electron chi connectivity index (χ2n) is 2.65. The van der Waals surface area contributed by atoms with Crippen LogP contribution < -0.4 is 0 Å². The van der Waals surface area contributed by atoms with Crippen molar-refractivity contribution in [3.05, 3.63) is 17.5 Å². The van der Waals surface area contributed by atoms with E-state index in [1.165, 1.54) is 5.10 Å². The number of aromatic nitrogens is 2. The van der Waals surface area contributed by atoms with Crippen LogP contribution in [-0.4, -0.2) is 21.5 Å². The van der Waals surface area contributed by atoms with Crippen molar-refractivity contribution in [2.24, 2.45) is 0 Å². The lowest BCUT2D eigenvalue weighted by atomic mass is 10.2. The molecule has 0 aromatic carbocycles. The van der Waals surface area contributed by atoms with E-state index in [0.717, 1.165) is 0 Å². The maximum Gasteiger partial charge on any atom is 0.435 e. The molecule has 1 heterocycles. The molecule has 3 nitrogen and oxygen atoms in total. The quantitative estimate of drug-likeness (QED) is 0.730. The Morgan fingerprint density at radius 2 is 1.73 bits per heavy atom. The number of aromatic amines is 1. The van der Waals surface area contributed by atoms with E-state index in [9.17, 15) is 26.3 Å². The summed E-state index contributed by atoms with van der Waals surface area (Å²) in [6.45, 7) is 0. The third kappa shape index (κ3) is 2.61. The number of hydrogen-bond donors (Lipinski definition) is 2. The molecule has 0 aliphatic carbocycles. The fourth-order valence-corrected chi connectivity index (χ4v) is 0.798. The van der Waals surface area contributed by atoms with Gasteiger partial charge in [-0.05, 0) is 6.07 Å². The molecular weight excluding hydrogens is 230 g/mol. The number of rotatable bonds is 1. The summed E-state index contributed by atoms with van der Waals surface area (Å²) < 4.78 is 71.3. The van der Waals surface area contributed by atoms with Gasteiger partial charge in [-0.2, -0.15) is 31.4 Å². The van der Waals surface area contributed by atoms with Crippen LogP contribution >= 0.6 is 0 Å². The Morgan fingerprint density at radius 1 is 1.20 bits per heavy atom. The average molecular weight is 234 g/mol. The van der Waals surface area contributed by atoms with Crippen LogP contribution in [0.15, 0.2) is 6.07 Å². The number of alkyl halides is 6. The highest BCUT2D eigenvalue weighted by Crippen LogP contribution is 2.34. The molecule has 0 saturated heterocycles. The summed E-state index contributed by atoms with van der Waals surface area (Å²) in [5.74, 6) is 0. The van der Waals surface area contributed by atoms with Gasteiger partial charge < -0.3 is 5.11 Å². The lowest BCUT2D eigenvalue weighted by Gasteiger charge is -2.11. The van der Waals surface area contributed by atoms with E-state index >= 15 is 0 Å². The first kappa shape index (κ1) is 11.8. The van der Waals surface area contributed by atoms with Crippen LogP contribution in [-0.2, 0) is 6.18 Å². The molecule has 1 rings (SSSR count). The summed E-state index contributed by atoms with van der Waals surface area (Å²) in [7, 11) is 0. The highest BCUT2D eigenvalue weighted by molar-refractivity contribution is 5.14. The molecule has 2 N–H and O–H groups in total. The molecule has 0 radical (unpaired) electrons. The number of halogens is 6. The maximum absolute atomic E-state index is 11.9. The maximum atomic E-state index is 11.9. The second-order valence-corrected chi connectivity index (χ2v) is 2.65. The fourth-order valence-electron chi connectivity index (χ4n) is 0.798. The van der Waals surface area contributed by atoms with Gasteiger partial charge in [-0.3, -0.25) is 5.10 Å². The van der Waals surface area contributed by atoms with Gasteiger partial charge in [0.1, 0.15) is 0 Å². The van der Waals surface area contributed by atoms with Crippen LogP contribution in [0, 0.1) is 0 Å². The van der Waals surface area contributed by atoms with Crippen LogP contribution in [0.4, 0.5) is 26.3 Å². The molecule has 0 amide bonds. The number of aliphatic hydroxyl groups excluding tert-OH is 1. The van der Waals surface area contributed by atoms with Crippen LogP contribution in [0.1, 0.15) is 17.5 Å². The van der Waals surface area contributed by atoms with Crippen molar-refractivity contribution < 1.29 is 31.4 Å². The standard InChI is InChI=1S/C6H4F6N2O/c7-5(8,9)3-1-2(13-14-3)4(15)6(10,11)12/h1,4,15H,(H,13,14)/t4-/m0/s1. The zero-order valence-electron chi connectivity index (χ0n) is 6.82. The van der Waals surface area contributed by atoms with Crippen molar-refractivity contribution in [1.82, 2.24) is 10.2 Å². The lowest BCUT2D eigenvalue weighted by molar-refractivity contribution is -0.208. The summed E-state index contributed by atoms with van der Waals surface area (Å²) in [5, 5.41) is 12.7. The zero-order valence-corrected chi connectivity index (χ0v) is 6.82. The van der Waals surface area contributed by atoms with Gasteiger partial charge in [0.2, 0.25) is 0 Å². The van der Waals surface area contributed by atoms with Gasteiger partial charge >= 0.3 is 12.4 Å². The summed E-state index contributed by atoms with van der Waals surface area (Å²) in [4.78, 5) is 0. The number of nitrogens with zero attached hydrogens (tertiary/aromatic N) is 1. The van der Waals surface area contributed by atoms with E-state index in [0.29, 0.717) is 0 Å². The Bertz CT molecular complexity index is 340. The normalized spacial score (nSPS) is 15.4. The van der Waals surface area contributed by atoms with Crippen molar-refractivity contribution in [2.45, 2.75) is 18.5 Å². The Hall–Kier alpha value is -1.25. The summed E-state index contributed by atoms with van der Waals surface area (Å²) >= 11 is 0. The Balaban J connectivity index is 2.95. The highest BCUT2D eigenvalue weighted by atomic mass is 19.4. The van der Waals surface area contributed by atoms with Gasteiger partial charge in [0.25, 0.3) is 0 Å². The lowest BCUT2D eigenvalue weighted by Crippen LogP contribution is -2.20. The van der Waals surface area contributed by atoms with Gasteiger partial charge in [0.15, 0.2) is 11.8 Å². The van der Waals surface area contributed by atoms with Crippen LogP contribution in [0.5, 0.6) is 0 Å². The van der Waals surface area contributed by atoms with Gasteiger partial charge in [-0.15, -0.1) is 0 Å². The summed E-state index contributed by atoms with van der Waals surface area (Å²) in [6.07, 6.45) is -12.9. The summed E-state index contributed by atoms with van der Waals surface area (Å²) in [5.41, 5.74) is -2.56. The van der Waals surface area contributed by atoms with Crippen LogP contribution in [0.2, 0.25) is 0 Å². The molecule has 9 heteroatoms. The highest BCUT2D eigenvalue weighted by Gasteiger charge is 2.42. The van der Waals surface area contributed by atoms with E-state index in [1.54, 1.807) is 0 Å². The zero-order chi connectivity index (χ0) is 11.9. The first-order valence-corrected chi connectivity index (χ1v) is 3.49. The monoisotopic (exact) mass is 234 g/mol. The average Bonchev–Trinajstić information content (AvgIpc) is 2.47. The predicted molar refractivity (Wildman–Crippen MR) is 34.6 cm³/mol. The van der Waals surface area contributed by atoms with Crippen LogP contribution in [0.3, 0.4) is 0 Å². The number of hydrogen-bond acceptors (Lipinski definition) is 2. The molecular formula is C6H4F6N2O. The SMILES string of the molecule is O[C@@H](c1cc(C(F)(F)F)n[nH]1)C(F)(F)F. The van der Waals surface area contributed by atoms with Gasteiger partial charge in [-0.1, -0.05) is 0 Å². The molecule has 1 atom stereocenters. The van der Waals surface area contributed by atoms with Crippen molar-refractivity contribution >= 4 is 0 Å². The Morgan fingerprint density at radius 3 is 2.07 bits per heavy atom. The minimum absolute atomic E-state index is 0.109. The molecule has 0 unspecified atom stereocenters. The molecule has 0 spiro atoms. The first-order valence-electron chi connectivity index (χ1n) is 3.49. The van der Waals surface area contributed by atoms with Crippen molar-refractivity contribution in [1.29, 1.82) is 0 Å². The number of H-pyrrole nitrogens is 1. The van der Waals surface area contributed by atoms with Crippen molar-refractivity contribution in [3.63, 3.8) is 0 Å². The van der Waals surface area contributed by atoms with Gasteiger partial charge in [-0.25, -0.2) is 0 Å². The topological polar surface area (TPSA) is 48.9 Å². The molecule has 0 saturated carbocycles. The van der Waals surface area contributed by atoms with E-state index in [-0.39, 0.29) is 6.07 Å². The van der Waals surface area contributed by atoms with Crippen molar-refractivity contribution in [2.75, 3.05) is 0 Å². The molecule has 0 aliphatic heterocycles. The molecule has 1 aromatic rings. The van der Waals surface area contributed by atoms with E-state index in [2.05, 4.69) is 5.10 Å². The molecule has 1 aromatic heterocycles. The number of nitrogens with one attached hydrogen (secondary N) is 1. The second kappa shape index (κ2) is 3.40. The summed E-state index contributed by atoms with van der Waals surface area (Å²) in [6, 6.07) is 0.109. The third-order valence-corrected chi connectivity index (χ3v) is 1.49.